The summed E-state index contributed by atoms with van der Waals surface area (Å²) in [5, 5.41) is 12.0. The van der Waals surface area contributed by atoms with Crippen LogP contribution < -0.4 is 0 Å². The molecule has 0 bridgehead atoms. The number of nitriles is 1. The number of Topliss-reactive ketones (excluding diaryl/α,β-unsaturated/α-hetero) is 1. The first kappa shape index (κ1) is 10.1. The fraction of sp³-hybridized carbons (Fsp3) is 0.200. The average molecular weight is 187 g/mol. The standard InChI is InChI=1S/C10H9N3O/c1-7(14)10(6-11)8-2-4-9(13-12)5-3-8/h2-5,10,12H,1H3. The molecule has 0 saturated carbocycles. The molecular weight excluding hydrogens is 178 g/mol. The maximum absolute atomic E-state index is 11.0. The molecule has 0 aliphatic heterocycles. The van der Waals surface area contributed by atoms with Gasteiger partial charge in [0.1, 0.15) is 5.92 Å². The van der Waals surface area contributed by atoms with Crippen LogP contribution in [0.4, 0.5) is 5.69 Å². The zero-order chi connectivity index (χ0) is 10.6. The smallest absolute Gasteiger partial charge is 0.151 e. The van der Waals surface area contributed by atoms with Gasteiger partial charge in [-0.2, -0.15) is 10.4 Å². The number of nitrogens with zero attached hydrogens (tertiary/aromatic N) is 2. The highest BCUT2D eigenvalue weighted by Gasteiger charge is 2.14. The molecule has 0 radical (unpaired) electrons. The first-order valence-corrected chi connectivity index (χ1v) is 4.06. The molecule has 0 aliphatic rings. The van der Waals surface area contributed by atoms with Gasteiger partial charge in [-0.1, -0.05) is 12.1 Å². The minimum absolute atomic E-state index is 0.178. The van der Waals surface area contributed by atoms with Crippen molar-refractivity contribution in [3.63, 3.8) is 0 Å². The predicted molar refractivity (Wildman–Crippen MR) is 50.3 cm³/mol. The van der Waals surface area contributed by atoms with Crippen LogP contribution in [0.25, 0.3) is 0 Å². The second-order valence-electron chi connectivity index (χ2n) is 2.88. The molecule has 1 aromatic rings. The van der Waals surface area contributed by atoms with Gasteiger partial charge in [0.2, 0.25) is 0 Å². The van der Waals surface area contributed by atoms with Crippen molar-refractivity contribution < 1.29 is 4.79 Å². The topological polar surface area (TPSA) is 77.1 Å². The Morgan fingerprint density at radius 1 is 1.50 bits per heavy atom. The first-order valence-electron chi connectivity index (χ1n) is 4.06. The van der Waals surface area contributed by atoms with Crippen LogP contribution in [0.5, 0.6) is 0 Å². The van der Waals surface area contributed by atoms with E-state index in [-0.39, 0.29) is 5.78 Å². The lowest BCUT2D eigenvalue weighted by atomic mass is 9.97. The van der Waals surface area contributed by atoms with Gasteiger partial charge in [0.15, 0.2) is 5.78 Å². The van der Waals surface area contributed by atoms with Crippen LogP contribution in [0, 0.1) is 16.9 Å². The number of hydrogen-bond donors (Lipinski definition) is 1. The quantitative estimate of drug-likeness (QED) is 0.738. The Hall–Kier alpha value is -2.02. The second-order valence-corrected chi connectivity index (χ2v) is 2.88. The van der Waals surface area contributed by atoms with Gasteiger partial charge in [-0.25, -0.2) is 5.53 Å². The highest BCUT2D eigenvalue weighted by atomic mass is 16.1. The fourth-order valence-corrected chi connectivity index (χ4v) is 1.14. The second kappa shape index (κ2) is 4.28. The Labute approximate surface area is 81.7 Å². The SMILES string of the molecule is CC(=O)C(C#N)c1ccc(N=N)cc1. The van der Waals surface area contributed by atoms with Crippen LogP contribution in [0.1, 0.15) is 18.4 Å². The minimum Gasteiger partial charge on any atom is -0.298 e. The maximum atomic E-state index is 11.0. The van der Waals surface area contributed by atoms with Gasteiger partial charge in [-0.3, -0.25) is 4.79 Å². The van der Waals surface area contributed by atoms with Crippen molar-refractivity contribution in [2.24, 2.45) is 5.11 Å². The van der Waals surface area contributed by atoms with Crippen molar-refractivity contribution in [2.75, 3.05) is 0 Å². The summed E-state index contributed by atoms with van der Waals surface area (Å²) in [4.78, 5) is 11.0. The zero-order valence-electron chi connectivity index (χ0n) is 7.69. The molecule has 0 fully saturated rings. The van der Waals surface area contributed by atoms with Crippen molar-refractivity contribution in [1.29, 1.82) is 10.8 Å². The first-order chi connectivity index (χ1) is 6.69. The molecule has 0 aliphatic carbocycles. The van der Waals surface area contributed by atoms with Gasteiger partial charge in [0.05, 0.1) is 11.8 Å². The molecule has 1 unspecified atom stereocenters. The summed E-state index contributed by atoms with van der Waals surface area (Å²) in [7, 11) is 0. The fourth-order valence-electron chi connectivity index (χ4n) is 1.14. The molecular formula is C10H9N3O. The molecule has 1 N–H and O–H groups in total. The highest BCUT2D eigenvalue weighted by molar-refractivity contribution is 5.86. The van der Waals surface area contributed by atoms with Gasteiger partial charge in [-0.15, -0.1) is 0 Å². The van der Waals surface area contributed by atoms with Crippen molar-refractivity contribution >= 4 is 11.5 Å². The Bertz CT molecular complexity index is 389. The van der Waals surface area contributed by atoms with Crippen LogP contribution in [0.15, 0.2) is 29.4 Å². The van der Waals surface area contributed by atoms with E-state index in [4.69, 9.17) is 10.8 Å². The van der Waals surface area contributed by atoms with Crippen molar-refractivity contribution in [2.45, 2.75) is 12.8 Å². The summed E-state index contributed by atoms with van der Waals surface area (Å²) in [5.74, 6) is -0.891. The van der Waals surface area contributed by atoms with Gasteiger partial charge < -0.3 is 0 Å². The van der Waals surface area contributed by atoms with Gasteiger partial charge in [-0.05, 0) is 24.6 Å². The largest absolute Gasteiger partial charge is 0.298 e. The van der Waals surface area contributed by atoms with Crippen LogP contribution in [-0.4, -0.2) is 5.78 Å². The minimum atomic E-state index is -0.713. The summed E-state index contributed by atoms with van der Waals surface area (Å²) >= 11 is 0. The molecule has 1 aromatic carbocycles. The Kier molecular flexibility index (Phi) is 3.08. The van der Waals surface area contributed by atoms with Crippen LogP contribution in [0.3, 0.4) is 0 Å². The summed E-state index contributed by atoms with van der Waals surface area (Å²) in [6.07, 6.45) is 0. The number of hydrogen-bond acceptors (Lipinski definition) is 4. The molecule has 4 nitrogen and oxygen atoms in total. The van der Waals surface area contributed by atoms with Crippen LogP contribution >= 0.6 is 0 Å². The van der Waals surface area contributed by atoms with E-state index in [2.05, 4.69) is 5.11 Å². The molecule has 0 aromatic heterocycles. The van der Waals surface area contributed by atoms with Crippen LogP contribution in [-0.2, 0) is 4.79 Å². The lowest BCUT2D eigenvalue weighted by Crippen LogP contribution is -2.05. The third-order valence-electron chi connectivity index (χ3n) is 1.89. The van der Waals surface area contributed by atoms with E-state index in [1.807, 2.05) is 6.07 Å². The molecule has 1 atom stereocenters. The molecule has 0 amide bonds. The summed E-state index contributed by atoms with van der Waals surface area (Å²) in [5.41, 5.74) is 7.90. The van der Waals surface area contributed by atoms with Crippen molar-refractivity contribution in [1.82, 2.24) is 0 Å². The number of rotatable bonds is 3. The van der Waals surface area contributed by atoms with Gasteiger partial charge in [0.25, 0.3) is 0 Å². The normalized spacial score (nSPS) is 11.4. The zero-order valence-corrected chi connectivity index (χ0v) is 7.69. The summed E-state index contributed by atoms with van der Waals surface area (Å²) in [6, 6.07) is 8.42. The summed E-state index contributed by atoms with van der Waals surface area (Å²) < 4.78 is 0. The number of ketones is 1. The summed E-state index contributed by atoms with van der Waals surface area (Å²) in [6.45, 7) is 1.39. The Morgan fingerprint density at radius 2 is 2.07 bits per heavy atom. The van der Waals surface area contributed by atoms with E-state index in [0.29, 0.717) is 11.3 Å². The van der Waals surface area contributed by atoms with E-state index in [1.165, 1.54) is 6.92 Å². The average Bonchev–Trinajstić information content (AvgIpc) is 2.19. The third-order valence-corrected chi connectivity index (χ3v) is 1.89. The van der Waals surface area contributed by atoms with Gasteiger partial charge >= 0.3 is 0 Å². The molecule has 0 saturated heterocycles. The van der Waals surface area contributed by atoms with E-state index < -0.39 is 5.92 Å². The molecule has 14 heavy (non-hydrogen) atoms. The maximum Gasteiger partial charge on any atom is 0.151 e. The number of benzene rings is 1. The van der Waals surface area contributed by atoms with E-state index in [0.717, 1.165) is 0 Å². The van der Waals surface area contributed by atoms with E-state index in [9.17, 15) is 4.79 Å². The Balaban J connectivity index is 3.02. The number of carbonyl (C=O) groups is 1. The Morgan fingerprint density at radius 3 is 2.43 bits per heavy atom. The molecule has 0 spiro atoms. The number of carbonyl (C=O) groups excluding carboxylic acids is 1. The molecule has 70 valence electrons. The van der Waals surface area contributed by atoms with Crippen LogP contribution in [0.2, 0.25) is 0 Å². The molecule has 4 heteroatoms. The molecule has 1 rings (SSSR count). The lowest BCUT2D eigenvalue weighted by Gasteiger charge is -2.04. The third kappa shape index (κ3) is 2.02. The van der Waals surface area contributed by atoms with E-state index in [1.54, 1.807) is 24.3 Å². The monoisotopic (exact) mass is 187 g/mol. The van der Waals surface area contributed by atoms with E-state index >= 15 is 0 Å². The predicted octanol–water partition coefficient (Wildman–Crippen LogP) is 2.55. The molecule has 0 heterocycles. The van der Waals surface area contributed by atoms with Crippen molar-refractivity contribution in [3.05, 3.63) is 29.8 Å². The van der Waals surface area contributed by atoms with Gasteiger partial charge in [0, 0.05) is 0 Å². The lowest BCUT2D eigenvalue weighted by molar-refractivity contribution is -0.117. The number of nitrogens with one attached hydrogen (secondary N) is 1. The highest BCUT2D eigenvalue weighted by Crippen LogP contribution is 2.19. The van der Waals surface area contributed by atoms with Crippen molar-refractivity contribution in [3.8, 4) is 6.07 Å².